The van der Waals surface area contributed by atoms with Gasteiger partial charge in [-0.15, -0.1) is 0 Å². The fraction of sp³-hybridized carbons (Fsp3) is 0.733. The van der Waals surface area contributed by atoms with Crippen LogP contribution in [0, 0.1) is 5.92 Å². The Bertz CT molecular complexity index is 466. The van der Waals surface area contributed by atoms with Crippen LogP contribution in [0.15, 0.2) is 12.3 Å². The lowest BCUT2D eigenvalue weighted by Gasteiger charge is -2.20. The zero-order valence-corrected chi connectivity index (χ0v) is 13.1. The van der Waals surface area contributed by atoms with Crippen molar-refractivity contribution in [2.45, 2.75) is 52.7 Å². The highest BCUT2D eigenvalue weighted by Crippen LogP contribution is 2.19. The van der Waals surface area contributed by atoms with Gasteiger partial charge in [-0.05, 0) is 39.7 Å². The first kappa shape index (κ1) is 15.0. The van der Waals surface area contributed by atoms with E-state index in [1.165, 1.54) is 0 Å². The zero-order valence-electron chi connectivity index (χ0n) is 13.1. The monoisotopic (exact) mass is 278 g/mol. The molecule has 2 unspecified atom stereocenters. The molecule has 20 heavy (non-hydrogen) atoms. The van der Waals surface area contributed by atoms with E-state index in [0.717, 1.165) is 13.1 Å². The number of rotatable bonds is 4. The summed E-state index contributed by atoms with van der Waals surface area (Å²) in [4.78, 5) is 14.7. The van der Waals surface area contributed by atoms with Crippen LogP contribution in [-0.2, 0) is 0 Å². The maximum atomic E-state index is 12.3. The number of amides is 1. The first-order valence-electron chi connectivity index (χ1n) is 7.48. The number of hydrogen-bond acceptors (Lipinski definition) is 3. The van der Waals surface area contributed by atoms with Crippen LogP contribution < -0.4 is 5.32 Å². The molecule has 1 amide bonds. The van der Waals surface area contributed by atoms with E-state index in [2.05, 4.69) is 36.1 Å². The molecular formula is C15H26N4O. The molecule has 0 aliphatic carbocycles. The van der Waals surface area contributed by atoms with Gasteiger partial charge < -0.3 is 5.32 Å². The quantitative estimate of drug-likeness (QED) is 0.915. The van der Waals surface area contributed by atoms with Gasteiger partial charge in [-0.1, -0.05) is 6.92 Å². The SMILES string of the molecule is CC1CN(C(C)C)CC1NC(=O)c1ccn(C(C)C)n1. The van der Waals surface area contributed by atoms with Gasteiger partial charge in [0.25, 0.3) is 5.91 Å². The second-order valence-electron chi connectivity index (χ2n) is 6.38. The highest BCUT2D eigenvalue weighted by atomic mass is 16.2. The van der Waals surface area contributed by atoms with Crippen molar-refractivity contribution < 1.29 is 4.79 Å². The van der Waals surface area contributed by atoms with E-state index in [0.29, 0.717) is 17.7 Å². The lowest BCUT2D eigenvalue weighted by atomic mass is 10.1. The number of aromatic nitrogens is 2. The summed E-state index contributed by atoms with van der Waals surface area (Å²) in [6.45, 7) is 12.7. The molecule has 0 aromatic carbocycles. The van der Waals surface area contributed by atoms with Crippen LogP contribution in [0.5, 0.6) is 0 Å². The smallest absolute Gasteiger partial charge is 0.272 e. The Kier molecular flexibility index (Phi) is 4.48. The largest absolute Gasteiger partial charge is 0.346 e. The molecule has 2 heterocycles. The minimum atomic E-state index is -0.0631. The second kappa shape index (κ2) is 5.95. The van der Waals surface area contributed by atoms with E-state index < -0.39 is 0 Å². The Morgan fingerprint density at radius 1 is 1.30 bits per heavy atom. The van der Waals surface area contributed by atoms with Crippen molar-refractivity contribution in [2.75, 3.05) is 13.1 Å². The lowest BCUT2D eigenvalue weighted by Crippen LogP contribution is -2.40. The van der Waals surface area contributed by atoms with Gasteiger partial charge in [0.2, 0.25) is 0 Å². The van der Waals surface area contributed by atoms with Crippen molar-refractivity contribution in [3.63, 3.8) is 0 Å². The summed E-state index contributed by atoms with van der Waals surface area (Å²) in [6, 6.07) is 2.81. The molecule has 1 saturated heterocycles. The normalized spacial score (nSPS) is 23.8. The Morgan fingerprint density at radius 3 is 2.50 bits per heavy atom. The van der Waals surface area contributed by atoms with E-state index >= 15 is 0 Å². The molecule has 1 aromatic heterocycles. The maximum absolute atomic E-state index is 12.3. The average Bonchev–Trinajstić information content (AvgIpc) is 2.97. The van der Waals surface area contributed by atoms with Crippen LogP contribution in [0.25, 0.3) is 0 Å². The number of nitrogens with one attached hydrogen (secondary N) is 1. The van der Waals surface area contributed by atoms with Crippen LogP contribution in [0.3, 0.4) is 0 Å². The van der Waals surface area contributed by atoms with Crippen molar-refractivity contribution in [1.29, 1.82) is 0 Å². The van der Waals surface area contributed by atoms with Crippen molar-refractivity contribution in [2.24, 2.45) is 5.92 Å². The van der Waals surface area contributed by atoms with Gasteiger partial charge in [0.05, 0.1) is 0 Å². The van der Waals surface area contributed by atoms with Gasteiger partial charge in [-0.2, -0.15) is 5.10 Å². The van der Waals surface area contributed by atoms with Gasteiger partial charge in [0.1, 0.15) is 5.69 Å². The third-order valence-corrected chi connectivity index (χ3v) is 4.06. The van der Waals surface area contributed by atoms with Gasteiger partial charge >= 0.3 is 0 Å². The number of hydrogen-bond donors (Lipinski definition) is 1. The van der Waals surface area contributed by atoms with Crippen molar-refractivity contribution >= 4 is 5.91 Å². The minimum absolute atomic E-state index is 0.0631. The van der Waals surface area contributed by atoms with Crippen LogP contribution in [0.2, 0.25) is 0 Å². The Morgan fingerprint density at radius 2 is 2.00 bits per heavy atom. The van der Waals surface area contributed by atoms with Gasteiger partial charge in [0.15, 0.2) is 0 Å². The third-order valence-electron chi connectivity index (χ3n) is 4.06. The van der Waals surface area contributed by atoms with E-state index in [1.54, 1.807) is 6.07 Å². The van der Waals surface area contributed by atoms with E-state index in [-0.39, 0.29) is 18.0 Å². The number of nitrogens with zero attached hydrogens (tertiary/aromatic N) is 3. The van der Waals surface area contributed by atoms with Crippen molar-refractivity contribution in [3.8, 4) is 0 Å². The summed E-state index contributed by atoms with van der Waals surface area (Å²) in [5, 5.41) is 7.45. The van der Waals surface area contributed by atoms with E-state index in [9.17, 15) is 4.79 Å². The molecule has 0 saturated carbocycles. The molecule has 1 aromatic rings. The Hall–Kier alpha value is -1.36. The minimum Gasteiger partial charge on any atom is -0.346 e. The maximum Gasteiger partial charge on any atom is 0.272 e. The molecule has 1 aliphatic rings. The summed E-state index contributed by atoms with van der Waals surface area (Å²) < 4.78 is 1.81. The lowest BCUT2D eigenvalue weighted by molar-refractivity contribution is 0.0924. The molecule has 1 fully saturated rings. The summed E-state index contributed by atoms with van der Waals surface area (Å²) in [5.41, 5.74) is 0.508. The highest BCUT2D eigenvalue weighted by Gasteiger charge is 2.32. The van der Waals surface area contributed by atoms with E-state index in [1.807, 2.05) is 24.7 Å². The Balaban J connectivity index is 1.97. The van der Waals surface area contributed by atoms with E-state index in [4.69, 9.17) is 0 Å². The first-order valence-corrected chi connectivity index (χ1v) is 7.48. The summed E-state index contributed by atoms with van der Waals surface area (Å²) in [6.07, 6.45) is 1.86. The molecule has 112 valence electrons. The summed E-state index contributed by atoms with van der Waals surface area (Å²) in [5.74, 6) is 0.417. The molecule has 1 aliphatic heterocycles. The fourth-order valence-electron chi connectivity index (χ4n) is 2.60. The molecule has 2 atom stereocenters. The van der Waals surface area contributed by atoms with Gasteiger partial charge in [-0.25, -0.2) is 0 Å². The molecule has 1 N–H and O–H groups in total. The molecule has 5 nitrogen and oxygen atoms in total. The predicted octanol–water partition coefficient (Wildman–Crippen LogP) is 1.92. The highest BCUT2D eigenvalue weighted by molar-refractivity contribution is 5.92. The van der Waals surface area contributed by atoms with Crippen LogP contribution in [0.1, 0.15) is 51.1 Å². The molecular weight excluding hydrogens is 252 g/mol. The second-order valence-corrected chi connectivity index (χ2v) is 6.38. The molecule has 2 rings (SSSR count). The molecule has 0 radical (unpaired) electrons. The zero-order chi connectivity index (χ0) is 14.9. The molecule has 0 spiro atoms. The summed E-state index contributed by atoms with van der Waals surface area (Å²) in [7, 11) is 0. The average molecular weight is 278 g/mol. The fourth-order valence-corrected chi connectivity index (χ4v) is 2.60. The van der Waals surface area contributed by atoms with Crippen molar-refractivity contribution in [1.82, 2.24) is 20.0 Å². The topological polar surface area (TPSA) is 50.2 Å². The van der Waals surface area contributed by atoms with Crippen LogP contribution in [-0.4, -0.2) is 45.8 Å². The Labute approximate surface area is 121 Å². The third kappa shape index (κ3) is 3.20. The molecule has 0 bridgehead atoms. The van der Waals surface area contributed by atoms with Crippen molar-refractivity contribution in [3.05, 3.63) is 18.0 Å². The van der Waals surface area contributed by atoms with Crippen LogP contribution >= 0.6 is 0 Å². The standard InChI is InChI=1S/C15H26N4O/c1-10(2)18-8-12(5)14(9-18)16-15(20)13-6-7-19(17-13)11(3)4/h6-7,10-12,14H,8-9H2,1-5H3,(H,16,20). The number of carbonyl (C=O) groups excluding carboxylic acids is 1. The predicted molar refractivity (Wildman–Crippen MR) is 79.7 cm³/mol. The van der Waals surface area contributed by atoms with Gasteiger partial charge in [0, 0.05) is 37.4 Å². The first-order chi connectivity index (χ1) is 9.38. The van der Waals surface area contributed by atoms with Crippen LogP contribution in [0.4, 0.5) is 0 Å². The number of carbonyl (C=O) groups is 1. The van der Waals surface area contributed by atoms with Gasteiger partial charge in [-0.3, -0.25) is 14.4 Å². The number of likely N-dealkylation sites (tertiary alicyclic amines) is 1. The summed E-state index contributed by atoms with van der Waals surface area (Å²) >= 11 is 0. The molecule has 5 heteroatoms.